The predicted molar refractivity (Wildman–Crippen MR) is 87.7 cm³/mol. The number of hydrogen-bond acceptors (Lipinski definition) is 5. The summed E-state index contributed by atoms with van der Waals surface area (Å²) in [5.74, 6) is -0.437. The molecule has 1 unspecified atom stereocenters. The van der Waals surface area contributed by atoms with Crippen LogP contribution in [0.3, 0.4) is 0 Å². The highest BCUT2D eigenvalue weighted by atomic mass is 32.2. The summed E-state index contributed by atoms with van der Waals surface area (Å²) in [7, 11) is -0.0369. The van der Waals surface area contributed by atoms with Crippen LogP contribution in [0, 0.1) is 6.92 Å². The standard InChI is InChI=1S/C16H23NO5S/c1-10-6-13(18)12(7-11(10)14(19)21-5)16(8-22-9-16)17-23(20)15(2,3)4/h6-7,17-18H,8-9H2,1-5H3. The Morgan fingerprint density at radius 1 is 1.39 bits per heavy atom. The van der Waals surface area contributed by atoms with Gasteiger partial charge in [0.1, 0.15) is 11.3 Å². The number of carbonyl (C=O) groups is 1. The molecule has 0 radical (unpaired) electrons. The largest absolute Gasteiger partial charge is 0.508 e. The number of aromatic hydroxyl groups is 1. The molecule has 0 aliphatic carbocycles. The normalized spacial score (nSPS) is 18.1. The van der Waals surface area contributed by atoms with Crippen molar-refractivity contribution in [2.45, 2.75) is 38.0 Å². The van der Waals surface area contributed by atoms with E-state index in [0.717, 1.165) is 0 Å². The molecule has 0 amide bonds. The van der Waals surface area contributed by atoms with Gasteiger partial charge in [-0.15, -0.1) is 0 Å². The van der Waals surface area contributed by atoms with Crippen LogP contribution in [0.25, 0.3) is 0 Å². The third-order valence-electron chi connectivity index (χ3n) is 3.80. The minimum Gasteiger partial charge on any atom is -0.508 e. The minimum atomic E-state index is -1.35. The Labute approximate surface area is 138 Å². The molecular formula is C16H23NO5S. The second-order valence-electron chi connectivity index (χ2n) is 6.73. The summed E-state index contributed by atoms with van der Waals surface area (Å²) in [6.07, 6.45) is 0. The number of nitrogens with one attached hydrogen (secondary N) is 1. The summed E-state index contributed by atoms with van der Waals surface area (Å²) >= 11 is 0. The monoisotopic (exact) mass is 341 g/mol. The fourth-order valence-corrected chi connectivity index (χ4v) is 3.20. The van der Waals surface area contributed by atoms with Gasteiger partial charge in [0.2, 0.25) is 0 Å². The number of ether oxygens (including phenoxy) is 2. The number of aryl methyl sites for hydroxylation is 1. The molecule has 0 spiro atoms. The van der Waals surface area contributed by atoms with E-state index in [1.54, 1.807) is 13.0 Å². The van der Waals surface area contributed by atoms with Crippen LogP contribution in [0.5, 0.6) is 5.75 Å². The van der Waals surface area contributed by atoms with Gasteiger partial charge in [-0.1, -0.05) is 0 Å². The average Bonchev–Trinajstić information content (AvgIpc) is 2.41. The summed E-state index contributed by atoms with van der Waals surface area (Å²) in [6.45, 7) is 7.84. The molecule has 1 heterocycles. The number of hydrogen-bond donors (Lipinski definition) is 2. The Morgan fingerprint density at radius 2 is 2.00 bits per heavy atom. The van der Waals surface area contributed by atoms with Crippen molar-refractivity contribution in [3.05, 3.63) is 28.8 Å². The lowest BCUT2D eigenvalue weighted by Crippen LogP contribution is -2.60. The van der Waals surface area contributed by atoms with Crippen LogP contribution in [0.1, 0.15) is 42.3 Å². The number of rotatable bonds is 4. The fraction of sp³-hybridized carbons (Fsp3) is 0.562. The fourth-order valence-electron chi connectivity index (χ4n) is 2.31. The van der Waals surface area contributed by atoms with Gasteiger partial charge in [0.25, 0.3) is 0 Å². The Balaban J connectivity index is 2.46. The van der Waals surface area contributed by atoms with E-state index in [1.165, 1.54) is 13.2 Å². The zero-order valence-electron chi connectivity index (χ0n) is 14.1. The molecule has 1 aliphatic rings. The molecule has 23 heavy (non-hydrogen) atoms. The van der Waals surface area contributed by atoms with Crippen LogP contribution in [0.4, 0.5) is 0 Å². The first-order valence-corrected chi connectivity index (χ1v) is 8.45. The number of phenolic OH excluding ortho intramolecular Hbond substituents is 1. The number of esters is 1. The van der Waals surface area contributed by atoms with Crippen molar-refractivity contribution in [3.8, 4) is 5.75 Å². The van der Waals surface area contributed by atoms with Crippen molar-refractivity contribution in [2.24, 2.45) is 0 Å². The van der Waals surface area contributed by atoms with Crippen molar-refractivity contribution >= 4 is 17.0 Å². The van der Waals surface area contributed by atoms with E-state index in [2.05, 4.69) is 4.72 Å². The maximum absolute atomic E-state index is 12.5. The smallest absolute Gasteiger partial charge is 0.338 e. The van der Waals surface area contributed by atoms with Crippen molar-refractivity contribution in [1.29, 1.82) is 0 Å². The van der Waals surface area contributed by atoms with Crippen molar-refractivity contribution in [3.63, 3.8) is 0 Å². The van der Waals surface area contributed by atoms with Gasteiger partial charge in [-0.25, -0.2) is 13.7 Å². The molecule has 1 fully saturated rings. The van der Waals surface area contributed by atoms with E-state index in [0.29, 0.717) is 16.7 Å². The Kier molecular flexibility index (Phi) is 4.84. The van der Waals surface area contributed by atoms with Crippen LogP contribution in [0.15, 0.2) is 12.1 Å². The lowest BCUT2D eigenvalue weighted by molar-refractivity contribution is -0.0669. The molecule has 1 atom stereocenters. The zero-order chi connectivity index (χ0) is 17.4. The molecule has 1 aromatic rings. The van der Waals surface area contributed by atoms with Crippen LogP contribution < -0.4 is 4.72 Å². The molecule has 0 aromatic heterocycles. The molecule has 0 bridgehead atoms. The highest BCUT2D eigenvalue weighted by Crippen LogP contribution is 2.38. The summed E-state index contributed by atoms with van der Waals surface area (Å²) < 4.78 is 25.1. The van der Waals surface area contributed by atoms with Gasteiger partial charge >= 0.3 is 5.97 Å². The molecule has 2 N–H and O–H groups in total. The number of carbonyl (C=O) groups excluding carboxylic acids is 1. The van der Waals surface area contributed by atoms with E-state index in [1.807, 2.05) is 20.8 Å². The van der Waals surface area contributed by atoms with Gasteiger partial charge in [-0.2, -0.15) is 0 Å². The highest BCUT2D eigenvalue weighted by molar-refractivity contribution is 7.84. The zero-order valence-corrected chi connectivity index (χ0v) is 14.9. The van der Waals surface area contributed by atoms with Crippen LogP contribution in [-0.2, 0) is 26.0 Å². The SMILES string of the molecule is COC(=O)c1cc(C2(NS(=O)C(C)(C)C)COC2)c(O)cc1C. The average molecular weight is 341 g/mol. The molecule has 1 aromatic carbocycles. The minimum absolute atomic E-state index is 0.0388. The molecule has 6 nitrogen and oxygen atoms in total. The van der Waals surface area contributed by atoms with E-state index >= 15 is 0 Å². The maximum Gasteiger partial charge on any atom is 0.338 e. The first kappa shape index (κ1) is 17.9. The summed E-state index contributed by atoms with van der Waals surface area (Å²) in [4.78, 5) is 11.9. The second-order valence-corrected chi connectivity index (χ2v) is 8.70. The first-order valence-electron chi connectivity index (χ1n) is 7.30. The van der Waals surface area contributed by atoms with Crippen molar-refractivity contribution < 1.29 is 23.6 Å². The van der Waals surface area contributed by atoms with Crippen molar-refractivity contribution in [2.75, 3.05) is 20.3 Å². The Bertz CT molecular complexity index is 647. The van der Waals surface area contributed by atoms with Gasteiger partial charge in [0.05, 0.1) is 41.6 Å². The number of benzene rings is 1. The van der Waals surface area contributed by atoms with E-state index in [-0.39, 0.29) is 19.0 Å². The summed E-state index contributed by atoms with van der Waals surface area (Å²) in [6, 6.07) is 3.11. The van der Waals surface area contributed by atoms with Gasteiger partial charge in [-0.3, -0.25) is 0 Å². The van der Waals surface area contributed by atoms with Gasteiger partial charge in [-0.05, 0) is 45.4 Å². The second kappa shape index (κ2) is 6.22. The van der Waals surface area contributed by atoms with Crippen molar-refractivity contribution in [1.82, 2.24) is 4.72 Å². The lowest BCUT2D eigenvalue weighted by Gasteiger charge is -2.43. The first-order chi connectivity index (χ1) is 10.6. The summed E-state index contributed by atoms with van der Waals surface area (Å²) in [5, 5.41) is 10.3. The van der Waals surface area contributed by atoms with Gasteiger partial charge in [0.15, 0.2) is 0 Å². The molecule has 1 saturated heterocycles. The van der Waals surface area contributed by atoms with Crippen LogP contribution in [0.2, 0.25) is 0 Å². The number of methoxy groups -OCH3 is 1. The molecule has 1 aliphatic heterocycles. The maximum atomic E-state index is 12.5. The molecule has 0 saturated carbocycles. The quantitative estimate of drug-likeness (QED) is 0.815. The Morgan fingerprint density at radius 3 is 2.43 bits per heavy atom. The lowest BCUT2D eigenvalue weighted by atomic mass is 9.86. The molecular weight excluding hydrogens is 318 g/mol. The molecule has 128 valence electrons. The molecule has 7 heteroatoms. The van der Waals surface area contributed by atoms with E-state index < -0.39 is 27.2 Å². The van der Waals surface area contributed by atoms with E-state index in [4.69, 9.17) is 9.47 Å². The molecule has 2 rings (SSSR count). The van der Waals surface area contributed by atoms with Gasteiger partial charge in [0, 0.05) is 5.56 Å². The third-order valence-corrected chi connectivity index (χ3v) is 5.49. The third kappa shape index (κ3) is 3.41. The van der Waals surface area contributed by atoms with Crippen LogP contribution in [-0.4, -0.2) is 40.4 Å². The van der Waals surface area contributed by atoms with Crippen LogP contribution >= 0.6 is 0 Å². The topological polar surface area (TPSA) is 84.9 Å². The number of phenols is 1. The Hall–Kier alpha value is -1.44. The highest BCUT2D eigenvalue weighted by Gasteiger charge is 2.45. The van der Waals surface area contributed by atoms with E-state index in [9.17, 15) is 14.1 Å². The summed E-state index contributed by atoms with van der Waals surface area (Å²) in [5.41, 5.74) is 0.700. The predicted octanol–water partition coefficient (Wildman–Crippen LogP) is 1.76. The van der Waals surface area contributed by atoms with Gasteiger partial charge < -0.3 is 14.6 Å².